The molecule has 3 rings (SSSR count). The molecule has 0 spiro atoms. The van der Waals surface area contributed by atoms with E-state index >= 15 is 0 Å². The van der Waals surface area contributed by atoms with Gasteiger partial charge in [-0.25, -0.2) is 9.18 Å². The van der Waals surface area contributed by atoms with Gasteiger partial charge >= 0.3 is 6.09 Å². The molecule has 0 aliphatic heterocycles. The summed E-state index contributed by atoms with van der Waals surface area (Å²) in [6.45, 7) is 3.42. The van der Waals surface area contributed by atoms with Gasteiger partial charge in [-0.3, -0.25) is 5.32 Å². The summed E-state index contributed by atoms with van der Waals surface area (Å²) in [7, 11) is 0. The molecule has 0 atom stereocenters. The lowest BCUT2D eigenvalue weighted by Crippen LogP contribution is -2.17. The Hall–Kier alpha value is -2.83. The predicted octanol–water partition coefficient (Wildman–Crippen LogP) is 3.79. The highest BCUT2D eigenvalue weighted by Crippen LogP contribution is 2.25. The smallest absolute Gasteiger partial charge is 0.418 e. The van der Waals surface area contributed by atoms with Gasteiger partial charge in [-0.15, -0.1) is 0 Å². The molecule has 0 saturated carbocycles. The number of nitrogens with zero attached hydrogens (tertiary/aromatic N) is 1. The number of ether oxygens (including phenoxy) is 1. The van der Waals surface area contributed by atoms with Crippen LogP contribution in [-0.2, 0) is 0 Å². The highest BCUT2D eigenvalue weighted by Gasteiger charge is 2.15. The first kappa shape index (κ1) is 13.2. The zero-order valence-electron chi connectivity index (χ0n) is 11.3. The first-order chi connectivity index (χ1) is 10.0. The molecule has 108 valence electrons. The summed E-state index contributed by atoms with van der Waals surface area (Å²) < 4.78 is 28.5. The van der Waals surface area contributed by atoms with Crippen molar-refractivity contribution in [1.29, 1.82) is 0 Å². The maximum absolute atomic E-state index is 13.2. The second-order valence-electron chi connectivity index (χ2n) is 4.46. The van der Waals surface area contributed by atoms with Crippen molar-refractivity contribution in [2.45, 2.75) is 13.8 Å². The van der Waals surface area contributed by atoms with Crippen molar-refractivity contribution in [2.24, 2.45) is 0 Å². The van der Waals surface area contributed by atoms with Crippen molar-refractivity contribution in [3.63, 3.8) is 0 Å². The number of nitrogens with one attached hydrogen (secondary N) is 1. The van der Waals surface area contributed by atoms with Gasteiger partial charge < -0.3 is 13.7 Å². The Morgan fingerprint density at radius 1 is 1.33 bits per heavy atom. The molecule has 7 heteroatoms. The molecule has 0 bridgehead atoms. The average Bonchev–Trinajstić information content (AvgIpc) is 2.94. The lowest BCUT2D eigenvalue weighted by atomic mass is 10.2. The van der Waals surface area contributed by atoms with E-state index in [2.05, 4.69) is 10.5 Å². The Morgan fingerprint density at radius 3 is 2.86 bits per heavy atom. The van der Waals surface area contributed by atoms with Gasteiger partial charge in [0.2, 0.25) is 0 Å². The molecular formula is C14H11FN2O4. The monoisotopic (exact) mass is 290 g/mol. The molecule has 1 aromatic carbocycles. The molecule has 0 aliphatic carbocycles. The van der Waals surface area contributed by atoms with Crippen LogP contribution in [0.2, 0.25) is 0 Å². The van der Waals surface area contributed by atoms with E-state index in [1.807, 2.05) is 0 Å². The van der Waals surface area contributed by atoms with Gasteiger partial charge in [0.25, 0.3) is 0 Å². The Bertz CT molecular complexity index is 822. The predicted molar refractivity (Wildman–Crippen MR) is 71.8 cm³/mol. The SMILES string of the molecule is Cc1cc(OC(=O)Nc2noc3ccc(F)cc23)c(C)o1. The van der Waals surface area contributed by atoms with Gasteiger partial charge in [-0.2, -0.15) is 0 Å². The van der Waals surface area contributed by atoms with Crippen molar-refractivity contribution >= 4 is 22.9 Å². The first-order valence-electron chi connectivity index (χ1n) is 6.14. The summed E-state index contributed by atoms with van der Waals surface area (Å²) >= 11 is 0. The first-order valence-corrected chi connectivity index (χ1v) is 6.14. The van der Waals surface area contributed by atoms with Gasteiger partial charge in [0.05, 0.1) is 5.39 Å². The Balaban J connectivity index is 1.80. The van der Waals surface area contributed by atoms with E-state index in [1.165, 1.54) is 18.2 Å². The van der Waals surface area contributed by atoms with E-state index in [9.17, 15) is 9.18 Å². The van der Waals surface area contributed by atoms with Crippen molar-refractivity contribution in [2.75, 3.05) is 5.32 Å². The molecule has 21 heavy (non-hydrogen) atoms. The number of aryl methyl sites for hydroxylation is 2. The van der Waals surface area contributed by atoms with Crippen LogP contribution < -0.4 is 10.1 Å². The summed E-state index contributed by atoms with van der Waals surface area (Å²) in [5.74, 6) is 1.06. The number of hydrogen-bond donors (Lipinski definition) is 1. The van der Waals surface area contributed by atoms with Crippen molar-refractivity contribution in [3.05, 3.63) is 41.6 Å². The molecule has 0 aliphatic rings. The number of aromatic nitrogens is 1. The Kier molecular flexibility index (Phi) is 3.09. The number of carbonyl (C=O) groups excluding carboxylic acids is 1. The van der Waals surface area contributed by atoms with Crippen molar-refractivity contribution in [1.82, 2.24) is 5.16 Å². The minimum atomic E-state index is -0.765. The molecule has 2 aromatic heterocycles. The van der Waals surface area contributed by atoms with E-state index in [0.29, 0.717) is 28.2 Å². The number of carbonyl (C=O) groups is 1. The van der Waals surface area contributed by atoms with Gasteiger partial charge in [0, 0.05) is 6.07 Å². The molecule has 1 amide bonds. The van der Waals surface area contributed by atoms with Crippen LogP contribution in [-0.4, -0.2) is 11.2 Å². The van der Waals surface area contributed by atoms with Crippen LogP contribution in [0.5, 0.6) is 5.75 Å². The highest BCUT2D eigenvalue weighted by atomic mass is 19.1. The van der Waals surface area contributed by atoms with Gasteiger partial charge in [-0.05, 0) is 32.0 Å². The summed E-state index contributed by atoms with van der Waals surface area (Å²) in [5.41, 5.74) is 0.363. The van der Waals surface area contributed by atoms with E-state index < -0.39 is 11.9 Å². The number of rotatable bonds is 2. The van der Waals surface area contributed by atoms with Gasteiger partial charge in [-0.1, -0.05) is 5.16 Å². The minimum absolute atomic E-state index is 0.0902. The number of benzene rings is 1. The number of hydrogen-bond acceptors (Lipinski definition) is 5. The number of halogens is 1. The van der Waals surface area contributed by atoms with Crippen LogP contribution in [0.3, 0.4) is 0 Å². The van der Waals surface area contributed by atoms with E-state index in [4.69, 9.17) is 13.7 Å². The molecule has 2 heterocycles. The third-order valence-corrected chi connectivity index (χ3v) is 2.85. The van der Waals surface area contributed by atoms with Crippen molar-refractivity contribution < 1.29 is 22.9 Å². The number of fused-ring (bicyclic) bond motifs is 1. The maximum Gasteiger partial charge on any atom is 0.418 e. The fourth-order valence-corrected chi connectivity index (χ4v) is 1.93. The number of amides is 1. The molecule has 1 N–H and O–H groups in total. The second kappa shape index (κ2) is 4.93. The summed E-state index contributed by atoms with van der Waals surface area (Å²) in [4.78, 5) is 11.8. The molecular weight excluding hydrogens is 279 g/mol. The van der Waals surface area contributed by atoms with Crippen LogP contribution in [0.1, 0.15) is 11.5 Å². The van der Waals surface area contributed by atoms with E-state index in [0.717, 1.165) is 0 Å². The fraction of sp³-hybridized carbons (Fsp3) is 0.143. The Morgan fingerprint density at radius 2 is 2.14 bits per heavy atom. The minimum Gasteiger partial charge on any atom is -0.463 e. The molecule has 3 aromatic rings. The molecule has 0 saturated heterocycles. The van der Waals surface area contributed by atoms with E-state index in [-0.39, 0.29) is 5.82 Å². The highest BCUT2D eigenvalue weighted by molar-refractivity contribution is 5.96. The molecule has 0 fully saturated rings. The number of furan rings is 1. The summed E-state index contributed by atoms with van der Waals surface area (Å²) in [6.07, 6.45) is -0.765. The number of anilines is 1. The van der Waals surface area contributed by atoms with Crippen LogP contribution >= 0.6 is 0 Å². The van der Waals surface area contributed by atoms with Gasteiger partial charge in [0.1, 0.15) is 17.3 Å². The second-order valence-corrected chi connectivity index (χ2v) is 4.46. The third-order valence-electron chi connectivity index (χ3n) is 2.85. The third kappa shape index (κ3) is 2.58. The van der Waals surface area contributed by atoms with Crippen LogP contribution in [0.25, 0.3) is 11.0 Å². The van der Waals surface area contributed by atoms with Crippen LogP contribution in [0.15, 0.2) is 33.2 Å². The van der Waals surface area contributed by atoms with E-state index in [1.54, 1.807) is 19.9 Å². The van der Waals surface area contributed by atoms with Gasteiger partial charge in [0.15, 0.2) is 17.2 Å². The fourth-order valence-electron chi connectivity index (χ4n) is 1.93. The average molecular weight is 290 g/mol. The lowest BCUT2D eigenvalue weighted by molar-refractivity contribution is 0.214. The molecule has 6 nitrogen and oxygen atoms in total. The topological polar surface area (TPSA) is 77.5 Å². The molecule has 0 unspecified atom stereocenters. The summed E-state index contributed by atoms with van der Waals surface area (Å²) in [6, 6.07) is 5.48. The zero-order chi connectivity index (χ0) is 15.0. The summed E-state index contributed by atoms with van der Waals surface area (Å²) in [5, 5.41) is 6.43. The standard InChI is InChI=1S/C14H11FN2O4/c1-7-5-12(8(2)19-7)20-14(18)16-13-10-6-9(15)3-4-11(10)21-17-13/h3-6H,1-2H3,(H,16,17,18). The van der Waals surface area contributed by atoms with Crippen LogP contribution in [0.4, 0.5) is 15.0 Å². The largest absolute Gasteiger partial charge is 0.463 e. The van der Waals surface area contributed by atoms with Crippen molar-refractivity contribution in [3.8, 4) is 5.75 Å². The van der Waals surface area contributed by atoms with Crippen LogP contribution in [0, 0.1) is 19.7 Å². The molecule has 0 radical (unpaired) electrons. The normalized spacial score (nSPS) is 10.8. The lowest BCUT2D eigenvalue weighted by Gasteiger charge is -2.02. The quantitative estimate of drug-likeness (QED) is 0.777. The zero-order valence-corrected chi connectivity index (χ0v) is 11.3. The Labute approximate surface area is 118 Å². The maximum atomic E-state index is 13.2.